The molecule has 0 bridgehead atoms. The fraction of sp³-hybridized carbons (Fsp3) is 0.438. The third-order valence-corrected chi connectivity index (χ3v) is 4.39. The van der Waals surface area contributed by atoms with Gasteiger partial charge in [0.05, 0.1) is 5.52 Å². The average Bonchev–Trinajstić information content (AvgIpc) is 3.22. The lowest BCUT2D eigenvalue weighted by Crippen LogP contribution is -2.41. The number of fused-ring (bicyclic) bond motifs is 1. The van der Waals surface area contributed by atoms with Crippen molar-refractivity contribution in [2.75, 3.05) is 13.1 Å². The summed E-state index contributed by atoms with van der Waals surface area (Å²) in [5.74, 6) is 1.42. The van der Waals surface area contributed by atoms with Crippen molar-refractivity contribution >= 4 is 16.9 Å². The molecule has 1 aromatic carbocycles. The number of hydrogen-bond acceptors (Lipinski definition) is 6. The van der Waals surface area contributed by atoms with Crippen molar-refractivity contribution in [3.8, 4) is 0 Å². The fourth-order valence-electron chi connectivity index (χ4n) is 3.16. The van der Waals surface area contributed by atoms with Gasteiger partial charge in [0.1, 0.15) is 12.1 Å². The van der Waals surface area contributed by atoms with Crippen molar-refractivity contribution < 1.29 is 9.32 Å². The number of para-hydroxylation sites is 1. The maximum atomic E-state index is 12.7. The van der Waals surface area contributed by atoms with E-state index in [0.29, 0.717) is 18.3 Å². The van der Waals surface area contributed by atoms with Gasteiger partial charge in [-0.25, -0.2) is 4.68 Å². The molecule has 1 aliphatic rings. The zero-order valence-electron chi connectivity index (χ0n) is 13.4. The Balaban J connectivity index is 1.48. The third kappa shape index (κ3) is 2.75. The first-order chi connectivity index (χ1) is 11.7. The standard InChI is InChI=1S/C16H18N6O2/c1-11-17-16(19-24-11)12-5-4-8-21(9-12)15(23)10-22-14-7-3-2-6-13(14)18-20-22/h2-3,6-7,12H,4-5,8-10H2,1H3. The molecular weight excluding hydrogens is 308 g/mol. The van der Waals surface area contributed by atoms with Crippen molar-refractivity contribution in [2.45, 2.75) is 32.2 Å². The highest BCUT2D eigenvalue weighted by Gasteiger charge is 2.28. The van der Waals surface area contributed by atoms with E-state index in [4.69, 9.17) is 4.52 Å². The highest BCUT2D eigenvalue weighted by atomic mass is 16.5. The Morgan fingerprint density at radius 2 is 2.25 bits per heavy atom. The monoisotopic (exact) mass is 326 g/mol. The average molecular weight is 326 g/mol. The van der Waals surface area contributed by atoms with Crippen LogP contribution in [0.25, 0.3) is 11.0 Å². The number of carbonyl (C=O) groups is 1. The Morgan fingerprint density at radius 3 is 3.08 bits per heavy atom. The molecule has 8 heteroatoms. The molecule has 1 aliphatic heterocycles. The third-order valence-electron chi connectivity index (χ3n) is 4.39. The topological polar surface area (TPSA) is 89.9 Å². The Labute approximate surface area is 138 Å². The molecule has 2 aromatic heterocycles. The summed E-state index contributed by atoms with van der Waals surface area (Å²) < 4.78 is 6.71. The van der Waals surface area contributed by atoms with Gasteiger partial charge in [-0.1, -0.05) is 22.5 Å². The van der Waals surface area contributed by atoms with Crippen LogP contribution in [0.3, 0.4) is 0 Å². The van der Waals surface area contributed by atoms with Crippen molar-refractivity contribution in [3.05, 3.63) is 36.0 Å². The fourth-order valence-corrected chi connectivity index (χ4v) is 3.16. The largest absolute Gasteiger partial charge is 0.340 e. The number of likely N-dealkylation sites (tertiary alicyclic amines) is 1. The van der Waals surface area contributed by atoms with Gasteiger partial charge in [0.15, 0.2) is 5.82 Å². The van der Waals surface area contributed by atoms with Gasteiger partial charge in [-0.3, -0.25) is 4.79 Å². The number of benzene rings is 1. The normalized spacial score (nSPS) is 18.2. The predicted octanol–water partition coefficient (Wildman–Crippen LogP) is 1.53. The zero-order chi connectivity index (χ0) is 16.5. The summed E-state index contributed by atoms with van der Waals surface area (Å²) in [5.41, 5.74) is 1.66. The number of aryl methyl sites for hydroxylation is 1. The van der Waals surface area contributed by atoms with E-state index in [-0.39, 0.29) is 18.4 Å². The van der Waals surface area contributed by atoms with Crippen LogP contribution in [-0.2, 0) is 11.3 Å². The molecule has 1 saturated heterocycles. The minimum Gasteiger partial charge on any atom is -0.340 e. The second-order valence-corrected chi connectivity index (χ2v) is 6.09. The van der Waals surface area contributed by atoms with Gasteiger partial charge in [-0.15, -0.1) is 5.10 Å². The molecule has 3 aromatic rings. The van der Waals surface area contributed by atoms with Crippen molar-refractivity contribution in [3.63, 3.8) is 0 Å². The molecule has 0 aliphatic carbocycles. The summed E-state index contributed by atoms with van der Waals surface area (Å²) in [5, 5.41) is 12.2. The highest BCUT2D eigenvalue weighted by Crippen LogP contribution is 2.25. The van der Waals surface area contributed by atoms with Crippen molar-refractivity contribution in [1.82, 2.24) is 30.0 Å². The van der Waals surface area contributed by atoms with Gasteiger partial charge in [-0.05, 0) is 25.0 Å². The van der Waals surface area contributed by atoms with Crippen LogP contribution in [-0.4, -0.2) is 49.0 Å². The van der Waals surface area contributed by atoms with Crippen LogP contribution < -0.4 is 0 Å². The first-order valence-corrected chi connectivity index (χ1v) is 8.07. The van der Waals surface area contributed by atoms with Crippen LogP contribution in [0.2, 0.25) is 0 Å². The minimum atomic E-state index is 0.0376. The molecule has 0 N–H and O–H groups in total. The van der Waals surface area contributed by atoms with Gasteiger partial charge in [-0.2, -0.15) is 4.98 Å². The van der Waals surface area contributed by atoms with E-state index in [2.05, 4.69) is 20.5 Å². The number of amides is 1. The minimum absolute atomic E-state index is 0.0376. The Morgan fingerprint density at radius 1 is 1.38 bits per heavy atom. The van der Waals surface area contributed by atoms with E-state index in [0.717, 1.165) is 30.4 Å². The number of aromatic nitrogens is 5. The Hall–Kier alpha value is -2.77. The van der Waals surface area contributed by atoms with E-state index in [1.807, 2.05) is 29.2 Å². The molecule has 1 unspecified atom stereocenters. The van der Waals surface area contributed by atoms with Crippen molar-refractivity contribution in [1.29, 1.82) is 0 Å². The van der Waals surface area contributed by atoms with E-state index in [9.17, 15) is 4.79 Å². The summed E-state index contributed by atoms with van der Waals surface area (Å²) >= 11 is 0. The Bertz CT molecular complexity index is 870. The molecule has 24 heavy (non-hydrogen) atoms. The molecule has 1 fully saturated rings. The molecule has 0 saturated carbocycles. The molecule has 0 radical (unpaired) electrons. The van der Waals surface area contributed by atoms with Gasteiger partial charge >= 0.3 is 0 Å². The second kappa shape index (κ2) is 6.03. The smallest absolute Gasteiger partial charge is 0.244 e. The predicted molar refractivity (Wildman–Crippen MR) is 85.1 cm³/mol. The van der Waals surface area contributed by atoms with Gasteiger partial charge < -0.3 is 9.42 Å². The SMILES string of the molecule is Cc1nc(C2CCCN(C(=O)Cn3nnc4ccccc43)C2)no1. The first-order valence-electron chi connectivity index (χ1n) is 8.07. The van der Waals surface area contributed by atoms with E-state index in [1.54, 1.807) is 11.6 Å². The molecule has 3 heterocycles. The first kappa shape index (κ1) is 14.8. The molecule has 1 atom stereocenters. The number of piperidine rings is 1. The van der Waals surface area contributed by atoms with Crippen LogP contribution in [0.5, 0.6) is 0 Å². The summed E-state index contributed by atoms with van der Waals surface area (Å²) in [4.78, 5) is 18.8. The number of carbonyl (C=O) groups excluding carboxylic acids is 1. The van der Waals surface area contributed by atoms with Gasteiger partial charge in [0.2, 0.25) is 11.8 Å². The van der Waals surface area contributed by atoms with Crippen LogP contribution in [0.15, 0.2) is 28.8 Å². The van der Waals surface area contributed by atoms with Gasteiger partial charge in [0, 0.05) is 25.9 Å². The maximum absolute atomic E-state index is 12.7. The van der Waals surface area contributed by atoms with Crippen LogP contribution in [0.1, 0.15) is 30.5 Å². The molecule has 1 amide bonds. The molecule has 124 valence electrons. The second-order valence-electron chi connectivity index (χ2n) is 6.09. The number of rotatable bonds is 3. The van der Waals surface area contributed by atoms with Crippen molar-refractivity contribution in [2.24, 2.45) is 0 Å². The maximum Gasteiger partial charge on any atom is 0.244 e. The van der Waals surface area contributed by atoms with E-state index < -0.39 is 0 Å². The van der Waals surface area contributed by atoms with Crippen LogP contribution in [0, 0.1) is 6.92 Å². The Kier molecular flexibility index (Phi) is 3.72. The van der Waals surface area contributed by atoms with E-state index >= 15 is 0 Å². The lowest BCUT2D eigenvalue weighted by Gasteiger charge is -2.31. The quantitative estimate of drug-likeness (QED) is 0.725. The summed E-state index contributed by atoms with van der Waals surface area (Å²) in [7, 11) is 0. The summed E-state index contributed by atoms with van der Waals surface area (Å²) in [6.45, 7) is 3.33. The molecule has 4 rings (SSSR count). The lowest BCUT2D eigenvalue weighted by atomic mass is 9.97. The summed E-state index contributed by atoms with van der Waals surface area (Å²) in [6, 6.07) is 7.63. The van der Waals surface area contributed by atoms with Crippen LogP contribution in [0.4, 0.5) is 0 Å². The van der Waals surface area contributed by atoms with Gasteiger partial charge in [0.25, 0.3) is 0 Å². The van der Waals surface area contributed by atoms with Crippen LogP contribution >= 0.6 is 0 Å². The molecule has 0 spiro atoms. The number of nitrogens with zero attached hydrogens (tertiary/aromatic N) is 6. The molecule has 8 nitrogen and oxygen atoms in total. The lowest BCUT2D eigenvalue weighted by molar-refractivity contribution is -0.133. The zero-order valence-corrected chi connectivity index (χ0v) is 13.4. The molecular formula is C16H18N6O2. The van der Waals surface area contributed by atoms with E-state index in [1.165, 1.54) is 0 Å². The summed E-state index contributed by atoms with van der Waals surface area (Å²) in [6.07, 6.45) is 1.90. The number of hydrogen-bond donors (Lipinski definition) is 0. The highest BCUT2D eigenvalue weighted by molar-refractivity contribution is 5.79.